The fourth-order valence-electron chi connectivity index (χ4n) is 3.12. The average molecular weight is 334 g/mol. The number of nitrogens with one attached hydrogen (secondary N) is 1. The van der Waals surface area contributed by atoms with Gasteiger partial charge in [-0.1, -0.05) is 0 Å². The van der Waals surface area contributed by atoms with Crippen LogP contribution in [0.15, 0.2) is 12.1 Å². The molecule has 7 heteroatoms. The van der Waals surface area contributed by atoms with Gasteiger partial charge in [-0.25, -0.2) is 8.78 Å². The molecule has 1 aromatic heterocycles. The number of fused-ring (bicyclic) bond motifs is 1. The summed E-state index contributed by atoms with van der Waals surface area (Å²) in [6.07, 6.45) is 1.49. The van der Waals surface area contributed by atoms with E-state index in [9.17, 15) is 13.6 Å². The molecule has 0 atom stereocenters. The van der Waals surface area contributed by atoms with Gasteiger partial charge < -0.3 is 10.2 Å². The third kappa shape index (κ3) is 2.98. The van der Waals surface area contributed by atoms with Gasteiger partial charge in [-0.15, -0.1) is 0 Å². The SMILES string of the molecule is Cc1nn(C)c(C)c1NC(=O)CN1CCCc2cc(F)c(F)cc21. The second-order valence-corrected chi connectivity index (χ2v) is 6.14. The summed E-state index contributed by atoms with van der Waals surface area (Å²) < 4.78 is 28.7. The van der Waals surface area contributed by atoms with Crippen LogP contribution in [0.5, 0.6) is 0 Å². The van der Waals surface area contributed by atoms with Crippen molar-refractivity contribution in [3.05, 3.63) is 40.7 Å². The summed E-state index contributed by atoms with van der Waals surface area (Å²) in [6.45, 7) is 4.43. The highest BCUT2D eigenvalue weighted by molar-refractivity contribution is 5.95. The van der Waals surface area contributed by atoms with Crippen LogP contribution < -0.4 is 10.2 Å². The minimum absolute atomic E-state index is 0.0891. The van der Waals surface area contributed by atoms with E-state index >= 15 is 0 Å². The fourth-order valence-corrected chi connectivity index (χ4v) is 3.12. The van der Waals surface area contributed by atoms with E-state index in [1.54, 1.807) is 9.58 Å². The molecule has 0 fully saturated rings. The lowest BCUT2D eigenvalue weighted by molar-refractivity contribution is -0.115. The lowest BCUT2D eigenvalue weighted by atomic mass is 10.0. The van der Waals surface area contributed by atoms with E-state index in [1.165, 1.54) is 12.1 Å². The Morgan fingerprint density at radius 1 is 1.29 bits per heavy atom. The topological polar surface area (TPSA) is 50.2 Å². The number of nitrogens with zero attached hydrogens (tertiary/aromatic N) is 3. The summed E-state index contributed by atoms with van der Waals surface area (Å²) in [6, 6.07) is 2.40. The summed E-state index contributed by atoms with van der Waals surface area (Å²) in [5.74, 6) is -1.94. The number of hydrogen-bond donors (Lipinski definition) is 1. The van der Waals surface area contributed by atoms with Crippen LogP contribution in [0.1, 0.15) is 23.4 Å². The maximum Gasteiger partial charge on any atom is 0.243 e. The molecule has 0 radical (unpaired) electrons. The fraction of sp³-hybridized carbons (Fsp3) is 0.412. The lowest BCUT2D eigenvalue weighted by Crippen LogP contribution is -2.37. The maximum absolute atomic E-state index is 13.6. The molecule has 3 rings (SSSR count). The van der Waals surface area contributed by atoms with E-state index in [-0.39, 0.29) is 12.5 Å². The first-order valence-electron chi connectivity index (χ1n) is 7.89. The highest BCUT2D eigenvalue weighted by Gasteiger charge is 2.22. The van der Waals surface area contributed by atoms with Gasteiger partial charge in [0.25, 0.3) is 0 Å². The second kappa shape index (κ2) is 6.22. The van der Waals surface area contributed by atoms with E-state index in [1.807, 2.05) is 20.9 Å². The van der Waals surface area contributed by atoms with E-state index in [2.05, 4.69) is 10.4 Å². The molecular formula is C17H20F2N4O. The number of amides is 1. The van der Waals surface area contributed by atoms with Gasteiger partial charge in [-0.05, 0) is 38.3 Å². The molecule has 24 heavy (non-hydrogen) atoms. The Labute approximate surface area is 139 Å². The zero-order valence-electron chi connectivity index (χ0n) is 14.0. The monoisotopic (exact) mass is 334 g/mol. The van der Waals surface area contributed by atoms with Gasteiger partial charge in [-0.2, -0.15) is 5.10 Å². The molecule has 1 aromatic carbocycles. The van der Waals surface area contributed by atoms with Crippen LogP contribution in [0.25, 0.3) is 0 Å². The molecule has 5 nitrogen and oxygen atoms in total. The van der Waals surface area contributed by atoms with Gasteiger partial charge >= 0.3 is 0 Å². The van der Waals surface area contributed by atoms with Crippen LogP contribution in [0.4, 0.5) is 20.2 Å². The van der Waals surface area contributed by atoms with Crippen LogP contribution in [0, 0.1) is 25.5 Å². The summed E-state index contributed by atoms with van der Waals surface area (Å²) in [4.78, 5) is 14.2. The van der Waals surface area contributed by atoms with Gasteiger partial charge in [-0.3, -0.25) is 9.48 Å². The quantitative estimate of drug-likeness (QED) is 0.939. The highest BCUT2D eigenvalue weighted by Crippen LogP contribution is 2.29. The Balaban J connectivity index is 1.78. The maximum atomic E-state index is 13.6. The predicted octanol–water partition coefficient (Wildman–Crippen LogP) is 2.71. The van der Waals surface area contributed by atoms with Crippen molar-refractivity contribution >= 4 is 17.3 Å². The molecule has 2 aromatic rings. The zero-order valence-corrected chi connectivity index (χ0v) is 14.0. The molecule has 0 aliphatic carbocycles. The van der Waals surface area contributed by atoms with Crippen LogP contribution in [-0.4, -0.2) is 28.8 Å². The van der Waals surface area contributed by atoms with Crippen molar-refractivity contribution in [3.63, 3.8) is 0 Å². The first-order chi connectivity index (χ1) is 11.4. The first kappa shape index (κ1) is 16.4. The number of aryl methyl sites for hydroxylation is 3. The third-order valence-electron chi connectivity index (χ3n) is 4.44. The Morgan fingerprint density at radius 3 is 2.67 bits per heavy atom. The minimum atomic E-state index is -0.889. The zero-order chi connectivity index (χ0) is 17.4. The molecule has 1 N–H and O–H groups in total. The third-order valence-corrected chi connectivity index (χ3v) is 4.44. The number of hydrogen-bond acceptors (Lipinski definition) is 3. The highest BCUT2D eigenvalue weighted by atomic mass is 19.2. The molecule has 1 aliphatic rings. The Hall–Kier alpha value is -2.44. The normalized spacial score (nSPS) is 13.8. The Morgan fingerprint density at radius 2 is 2.00 bits per heavy atom. The van der Waals surface area contributed by atoms with Crippen LogP contribution in [0.2, 0.25) is 0 Å². The molecular weight excluding hydrogens is 314 g/mol. The van der Waals surface area contributed by atoms with Crippen LogP contribution >= 0.6 is 0 Å². The molecule has 0 saturated carbocycles. The molecule has 0 saturated heterocycles. The molecule has 2 heterocycles. The van der Waals surface area contributed by atoms with Crippen molar-refractivity contribution < 1.29 is 13.6 Å². The molecule has 1 amide bonds. The Kier molecular flexibility index (Phi) is 4.26. The standard InChI is InChI=1S/C17H20F2N4O/c1-10-17(11(2)22(3)21-10)20-16(24)9-23-6-4-5-12-7-13(18)14(19)8-15(12)23/h7-8H,4-6,9H2,1-3H3,(H,20,24). The molecule has 0 spiro atoms. The number of rotatable bonds is 3. The number of anilines is 2. The lowest BCUT2D eigenvalue weighted by Gasteiger charge is -2.30. The van der Waals surface area contributed by atoms with Crippen molar-refractivity contribution in [2.75, 3.05) is 23.3 Å². The van der Waals surface area contributed by atoms with Crippen molar-refractivity contribution in [1.29, 1.82) is 0 Å². The van der Waals surface area contributed by atoms with Crippen molar-refractivity contribution in [2.45, 2.75) is 26.7 Å². The summed E-state index contributed by atoms with van der Waals surface area (Å²) in [5, 5.41) is 7.14. The minimum Gasteiger partial charge on any atom is -0.362 e. The van der Waals surface area contributed by atoms with Gasteiger partial charge in [0.05, 0.1) is 23.6 Å². The van der Waals surface area contributed by atoms with Crippen LogP contribution in [0.3, 0.4) is 0 Å². The van der Waals surface area contributed by atoms with Crippen LogP contribution in [-0.2, 0) is 18.3 Å². The number of carbonyl (C=O) groups excluding carboxylic acids is 1. The van der Waals surface area contributed by atoms with Gasteiger partial charge in [0.2, 0.25) is 5.91 Å². The summed E-state index contributed by atoms with van der Waals surface area (Å²) >= 11 is 0. The van der Waals surface area contributed by atoms with Crippen molar-refractivity contribution in [3.8, 4) is 0 Å². The number of halogens is 2. The molecule has 128 valence electrons. The molecule has 1 aliphatic heterocycles. The number of aromatic nitrogens is 2. The van der Waals surface area contributed by atoms with E-state index in [4.69, 9.17) is 0 Å². The van der Waals surface area contributed by atoms with Crippen molar-refractivity contribution in [1.82, 2.24) is 9.78 Å². The summed E-state index contributed by atoms with van der Waals surface area (Å²) in [7, 11) is 1.82. The van der Waals surface area contributed by atoms with E-state index in [0.29, 0.717) is 24.3 Å². The largest absolute Gasteiger partial charge is 0.362 e. The van der Waals surface area contributed by atoms with Crippen molar-refractivity contribution in [2.24, 2.45) is 7.05 Å². The molecule has 0 unspecified atom stereocenters. The smallest absolute Gasteiger partial charge is 0.243 e. The van der Waals surface area contributed by atoms with Gasteiger partial charge in [0, 0.05) is 25.3 Å². The van der Waals surface area contributed by atoms with Gasteiger partial charge in [0.1, 0.15) is 0 Å². The summed E-state index contributed by atoms with van der Waals surface area (Å²) in [5.41, 5.74) is 3.64. The van der Waals surface area contributed by atoms with Gasteiger partial charge in [0.15, 0.2) is 11.6 Å². The predicted molar refractivity (Wildman–Crippen MR) is 88.2 cm³/mol. The number of benzene rings is 1. The molecule has 0 bridgehead atoms. The van der Waals surface area contributed by atoms with E-state index in [0.717, 1.165) is 23.4 Å². The Bertz CT molecular complexity index is 800. The van der Waals surface area contributed by atoms with E-state index < -0.39 is 11.6 Å². The first-order valence-corrected chi connectivity index (χ1v) is 7.89. The number of carbonyl (C=O) groups is 1. The second-order valence-electron chi connectivity index (χ2n) is 6.14. The average Bonchev–Trinajstić information content (AvgIpc) is 2.76.